The number of halogens is 1. The second-order valence-corrected chi connectivity index (χ2v) is 7.69. The third-order valence-electron chi connectivity index (χ3n) is 4.62. The highest BCUT2D eigenvalue weighted by Crippen LogP contribution is 2.24. The number of thiazole rings is 1. The number of likely N-dealkylation sites (tertiary alicyclic amines) is 1. The Kier molecular flexibility index (Phi) is 6.16. The van der Waals surface area contributed by atoms with E-state index in [4.69, 9.17) is 0 Å². The number of piperidine rings is 1. The second kappa shape index (κ2) is 8.56. The van der Waals surface area contributed by atoms with Crippen LogP contribution in [0.3, 0.4) is 0 Å². The molecule has 2 heterocycles. The fourth-order valence-electron chi connectivity index (χ4n) is 3.06. The molecule has 0 aliphatic carbocycles. The molecule has 0 bridgehead atoms. The molecule has 26 heavy (non-hydrogen) atoms. The molecule has 1 aliphatic heterocycles. The van der Waals surface area contributed by atoms with Crippen molar-refractivity contribution in [1.82, 2.24) is 15.2 Å². The molecule has 0 spiro atoms. The second-order valence-electron chi connectivity index (χ2n) is 6.83. The number of benzene rings is 1. The first-order valence-electron chi connectivity index (χ1n) is 8.95. The van der Waals surface area contributed by atoms with Crippen LogP contribution >= 0.6 is 11.3 Å². The third-order valence-corrected chi connectivity index (χ3v) is 5.53. The van der Waals surface area contributed by atoms with Crippen LogP contribution in [0.5, 0.6) is 0 Å². The summed E-state index contributed by atoms with van der Waals surface area (Å²) in [5.74, 6) is -0.342. The molecular weight excluding hydrogens is 349 g/mol. The van der Waals surface area contributed by atoms with Gasteiger partial charge in [-0.3, -0.25) is 4.79 Å². The Morgan fingerprint density at radius 3 is 2.65 bits per heavy atom. The Labute approximate surface area is 157 Å². The van der Waals surface area contributed by atoms with Crippen molar-refractivity contribution in [3.63, 3.8) is 0 Å². The maximum Gasteiger partial charge on any atom is 0.244 e. The standard InChI is InChI=1S/C20H24FN3OS/c1-14(2)24-11-9-17(10-12-24)22-19(25)8-7-18-13-26-20(23-18)15-3-5-16(21)6-4-15/h3-8,13-14,17H,9-12H2,1-2H3,(H,22,25). The number of hydrogen-bond acceptors (Lipinski definition) is 4. The zero-order valence-corrected chi connectivity index (χ0v) is 15.9. The van der Waals surface area contributed by atoms with Crippen molar-refractivity contribution in [2.45, 2.75) is 38.8 Å². The maximum atomic E-state index is 13.0. The molecule has 1 aromatic heterocycles. The molecule has 4 nitrogen and oxygen atoms in total. The highest BCUT2D eigenvalue weighted by molar-refractivity contribution is 7.13. The first-order valence-corrected chi connectivity index (χ1v) is 9.83. The monoisotopic (exact) mass is 373 g/mol. The predicted molar refractivity (Wildman–Crippen MR) is 104 cm³/mol. The summed E-state index contributed by atoms with van der Waals surface area (Å²) < 4.78 is 13.0. The minimum atomic E-state index is -0.263. The molecular formula is C20H24FN3OS. The van der Waals surface area contributed by atoms with E-state index in [1.807, 2.05) is 5.38 Å². The molecule has 1 N–H and O–H groups in total. The van der Waals surface area contributed by atoms with Crippen LogP contribution in [0.2, 0.25) is 0 Å². The first kappa shape index (κ1) is 18.7. The summed E-state index contributed by atoms with van der Waals surface area (Å²) in [5.41, 5.74) is 1.61. The van der Waals surface area contributed by atoms with Gasteiger partial charge in [0.05, 0.1) is 5.69 Å². The van der Waals surface area contributed by atoms with Crippen LogP contribution in [0.4, 0.5) is 4.39 Å². The van der Waals surface area contributed by atoms with Crippen LogP contribution in [-0.4, -0.2) is 41.0 Å². The normalized spacial score (nSPS) is 16.5. The number of carbonyl (C=O) groups is 1. The van der Waals surface area contributed by atoms with Crippen molar-refractivity contribution < 1.29 is 9.18 Å². The quantitative estimate of drug-likeness (QED) is 0.807. The molecule has 0 atom stereocenters. The minimum absolute atomic E-state index is 0.0793. The lowest BCUT2D eigenvalue weighted by atomic mass is 10.0. The SMILES string of the molecule is CC(C)N1CCC(NC(=O)C=Cc2csc(-c3ccc(F)cc3)n2)CC1. The summed E-state index contributed by atoms with van der Waals surface area (Å²) in [5, 5.41) is 5.78. The van der Waals surface area contributed by atoms with Crippen LogP contribution in [0.1, 0.15) is 32.4 Å². The summed E-state index contributed by atoms with van der Waals surface area (Å²) in [6.45, 7) is 6.46. The zero-order valence-electron chi connectivity index (χ0n) is 15.1. The number of rotatable bonds is 5. The molecule has 0 saturated carbocycles. The van der Waals surface area contributed by atoms with Crippen molar-refractivity contribution >= 4 is 23.3 Å². The molecule has 1 amide bonds. The Morgan fingerprint density at radius 1 is 1.31 bits per heavy atom. The van der Waals surface area contributed by atoms with Crippen LogP contribution in [0.25, 0.3) is 16.6 Å². The lowest BCUT2D eigenvalue weighted by Crippen LogP contribution is -2.46. The average molecular weight is 373 g/mol. The van der Waals surface area contributed by atoms with Gasteiger partial charge in [-0.1, -0.05) is 0 Å². The largest absolute Gasteiger partial charge is 0.350 e. The lowest BCUT2D eigenvalue weighted by molar-refractivity contribution is -0.117. The van der Waals surface area contributed by atoms with Gasteiger partial charge in [0.15, 0.2) is 0 Å². The number of aromatic nitrogens is 1. The molecule has 1 fully saturated rings. The lowest BCUT2D eigenvalue weighted by Gasteiger charge is -2.34. The smallest absolute Gasteiger partial charge is 0.244 e. The van der Waals surface area contributed by atoms with E-state index in [9.17, 15) is 9.18 Å². The number of nitrogens with zero attached hydrogens (tertiary/aromatic N) is 2. The molecule has 1 saturated heterocycles. The van der Waals surface area contributed by atoms with Gasteiger partial charge >= 0.3 is 0 Å². The van der Waals surface area contributed by atoms with Crippen molar-refractivity contribution in [3.8, 4) is 10.6 Å². The summed E-state index contributed by atoms with van der Waals surface area (Å²) in [6, 6.07) is 7.06. The van der Waals surface area contributed by atoms with Gasteiger partial charge in [-0.15, -0.1) is 11.3 Å². The van der Waals surface area contributed by atoms with Crippen LogP contribution in [-0.2, 0) is 4.79 Å². The molecule has 3 rings (SSSR count). The molecule has 6 heteroatoms. The Bertz CT molecular complexity index is 762. The van der Waals surface area contributed by atoms with E-state index in [-0.39, 0.29) is 17.8 Å². The summed E-state index contributed by atoms with van der Waals surface area (Å²) in [6.07, 6.45) is 5.24. The summed E-state index contributed by atoms with van der Waals surface area (Å²) >= 11 is 1.48. The van der Waals surface area contributed by atoms with Crippen LogP contribution in [0, 0.1) is 5.82 Å². The highest BCUT2D eigenvalue weighted by Gasteiger charge is 2.21. The maximum absolute atomic E-state index is 13.0. The van der Waals surface area contributed by atoms with E-state index in [1.165, 1.54) is 29.5 Å². The molecule has 1 aromatic carbocycles. The Morgan fingerprint density at radius 2 is 2.00 bits per heavy atom. The van der Waals surface area contributed by atoms with Crippen molar-refractivity contribution in [3.05, 3.63) is 47.2 Å². The third kappa shape index (κ3) is 4.99. The van der Waals surface area contributed by atoms with Gasteiger partial charge < -0.3 is 10.2 Å². The number of hydrogen-bond donors (Lipinski definition) is 1. The predicted octanol–water partition coefficient (Wildman–Crippen LogP) is 3.95. The fourth-order valence-corrected chi connectivity index (χ4v) is 3.85. The molecule has 0 unspecified atom stereocenters. The van der Waals surface area contributed by atoms with E-state index < -0.39 is 0 Å². The van der Waals surface area contributed by atoms with Crippen LogP contribution in [0.15, 0.2) is 35.7 Å². The van der Waals surface area contributed by atoms with E-state index in [0.29, 0.717) is 6.04 Å². The minimum Gasteiger partial charge on any atom is -0.350 e. The summed E-state index contributed by atoms with van der Waals surface area (Å²) in [7, 11) is 0. The van der Waals surface area contributed by atoms with Gasteiger partial charge in [-0.2, -0.15) is 0 Å². The molecule has 1 aliphatic rings. The van der Waals surface area contributed by atoms with Gasteiger partial charge in [0.1, 0.15) is 10.8 Å². The first-order chi connectivity index (χ1) is 12.5. The highest BCUT2D eigenvalue weighted by atomic mass is 32.1. The molecule has 0 radical (unpaired) electrons. The average Bonchev–Trinajstić information content (AvgIpc) is 3.10. The fraction of sp³-hybridized carbons (Fsp3) is 0.400. The van der Waals surface area contributed by atoms with E-state index in [2.05, 4.69) is 29.0 Å². The number of nitrogens with one attached hydrogen (secondary N) is 1. The molecule has 2 aromatic rings. The van der Waals surface area contributed by atoms with Crippen molar-refractivity contribution in [2.75, 3.05) is 13.1 Å². The van der Waals surface area contributed by atoms with Gasteiger partial charge in [-0.05, 0) is 57.0 Å². The van der Waals surface area contributed by atoms with Crippen LogP contribution < -0.4 is 5.32 Å². The van der Waals surface area contributed by atoms with Gasteiger partial charge in [0, 0.05) is 42.2 Å². The number of carbonyl (C=O) groups excluding carboxylic acids is 1. The van der Waals surface area contributed by atoms with E-state index in [0.717, 1.165) is 42.2 Å². The van der Waals surface area contributed by atoms with Crippen molar-refractivity contribution in [2.24, 2.45) is 0 Å². The van der Waals surface area contributed by atoms with Gasteiger partial charge in [0.2, 0.25) is 5.91 Å². The van der Waals surface area contributed by atoms with E-state index >= 15 is 0 Å². The zero-order chi connectivity index (χ0) is 18.5. The summed E-state index contributed by atoms with van der Waals surface area (Å²) in [4.78, 5) is 19.1. The molecule has 138 valence electrons. The van der Waals surface area contributed by atoms with Gasteiger partial charge in [-0.25, -0.2) is 9.37 Å². The number of amides is 1. The Hall–Kier alpha value is -2.05. The Balaban J connectivity index is 1.52. The van der Waals surface area contributed by atoms with Gasteiger partial charge in [0.25, 0.3) is 0 Å². The topological polar surface area (TPSA) is 45.2 Å². The van der Waals surface area contributed by atoms with Crippen molar-refractivity contribution in [1.29, 1.82) is 0 Å². The van der Waals surface area contributed by atoms with E-state index in [1.54, 1.807) is 18.2 Å².